The van der Waals surface area contributed by atoms with E-state index in [1.165, 1.54) is 16.7 Å². The van der Waals surface area contributed by atoms with Crippen LogP contribution in [0.2, 0.25) is 5.02 Å². The lowest BCUT2D eigenvalue weighted by Gasteiger charge is -2.33. The summed E-state index contributed by atoms with van der Waals surface area (Å²) in [7, 11) is 0. The second-order valence-corrected chi connectivity index (χ2v) is 9.66. The third-order valence-corrected chi connectivity index (χ3v) is 6.70. The Bertz CT molecular complexity index is 1260. The highest BCUT2D eigenvalue weighted by atomic mass is 35.5. The van der Waals surface area contributed by atoms with Crippen LogP contribution in [0.15, 0.2) is 114 Å². The van der Waals surface area contributed by atoms with E-state index in [2.05, 4.69) is 109 Å². The van der Waals surface area contributed by atoms with Crippen LogP contribution < -0.4 is 10.3 Å². The van der Waals surface area contributed by atoms with Gasteiger partial charge in [-0.2, -0.15) is 5.10 Å². The number of benzene rings is 4. The van der Waals surface area contributed by atoms with E-state index in [9.17, 15) is 0 Å². The highest BCUT2D eigenvalue weighted by molar-refractivity contribution is 6.30. The van der Waals surface area contributed by atoms with Crippen LogP contribution in [0.5, 0.6) is 0 Å². The van der Waals surface area contributed by atoms with Crippen molar-refractivity contribution in [1.82, 2.24) is 0 Å². The van der Waals surface area contributed by atoms with Gasteiger partial charge in [-0.05, 0) is 53.1 Å². The first kappa shape index (κ1) is 22.2. The van der Waals surface area contributed by atoms with Crippen LogP contribution in [0, 0.1) is 5.41 Å². The first-order valence-corrected chi connectivity index (χ1v) is 12.0. The monoisotopic (exact) mass is 465 g/mol. The van der Waals surface area contributed by atoms with Gasteiger partial charge < -0.3 is 5.32 Å². The Labute approximate surface area is 206 Å². The summed E-state index contributed by atoms with van der Waals surface area (Å²) in [5.74, 6) is 0. The van der Waals surface area contributed by atoms with Crippen molar-refractivity contribution in [2.45, 2.75) is 26.4 Å². The average Bonchev–Trinajstić information content (AvgIpc) is 3.16. The number of rotatable bonds is 6. The molecule has 0 saturated carbocycles. The van der Waals surface area contributed by atoms with Crippen molar-refractivity contribution in [2.75, 3.05) is 10.3 Å². The van der Waals surface area contributed by atoms with Crippen LogP contribution in [0.4, 0.5) is 11.4 Å². The molecular formula is C30H28ClN3. The zero-order chi connectivity index (χ0) is 23.5. The maximum absolute atomic E-state index is 5.99. The Kier molecular flexibility index (Phi) is 6.12. The van der Waals surface area contributed by atoms with Gasteiger partial charge in [0.05, 0.1) is 17.4 Å². The van der Waals surface area contributed by atoms with Gasteiger partial charge in [0.15, 0.2) is 0 Å². The minimum atomic E-state index is -0.169. The fourth-order valence-electron chi connectivity index (χ4n) is 4.69. The van der Waals surface area contributed by atoms with E-state index in [0.29, 0.717) is 0 Å². The molecule has 1 N–H and O–H groups in total. The zero-order valence-electron chi connectivity index (χ0n) is 19.4. The number of hydrazone groups is 1. The summed E-state index contributed by atoms with van der Waals surface area (Å²) in [6.07, 6.45) is 0. The topological polar surface area (TPSA) is 27.6 Å². The second-order valence-electron chi connectivity index (χ2n) is 9.22. The Morgan fingerprint density at radius 3 is 2.06 bits per heavy atom. The fourth-order valence-corrected chi connectivity index (χ4v) is 4.82. The van der Waals surface area contributed by atoms with Gasteiger partial charge in [-0.25, -0.2) is 0 Å². The Morgan fingerprint density at radius 1 is 0.794 bits per heavy atom. The summed E-state index contributed by atoms with van der Waals surface area (Å²) in [5, 5.41) is 11.6. The third-order valence-electron chi connectivity index (χ3n) is 6.45. The van der Waals surface area contributed by atoms with Crippen molar-refractivity contribution < 1.29 is 0 Å². The molecule has 0 spiro atoms. The maximum atomic E-state index is 5.99. The predicted molar refractivity (Wildman–Crippen MR) is 144 cm³/mol. The van der Waals surface area contributed by atoms with Gasteiger partial charge in [0.25, 0.3) is 0 Å². The largest absolute Gasteiger partial charge is 0.381 e. The van der Waals surface area contributed by atoms with Crippen LogP contribution in [-0.4, -0.2) is 5.71 Å². The minimum absolute atomic E-state index is 0.0990. The van der Waals surface area contributed by atoms with Crippen LogP contribution in [0.1, 0.15) is 36.6 Å². The van der Waals surface area contributed by atoms with E-state index in [1.807, 2.05) is 24.3 Å². The molecular weight excluding hydrogens is 438 g/mol. The summed E-state index contributed by atoms with van der Waals surface area (Å²) >= 11 is 5.99. The lowest BCUT2D eigenvalue weighted by atomic mass is 9.75. The average molecular weight is 466 g/mol. The molecule has 1 atom stereocenters. The quantitative estimate of drug-likeness (QED) is 0.313. The van der Waals surface area contributed by atoms with Crippen molar-refractivity contribution >= 4 is 28.7 Å². The molecule has 1 aliphatic rings. The molecule has 4 aromatic rings. The smallest absolute Gasteiger partial charge is 0.0882 e. The molecule has 0 radical (unpaired) electrons. The highest BCUT2D eigenvalue weighted by Gasteiger charge is 2.45. The second kappa shape index (κ2) is 9.36. The van der Waals surface area contributed by atoms with E-state index < -0.39 is 0 Å². The van der Waals surface area contributed by atoms with Crippen molar-refractivity contribution in [3.05, 3.63) is 131 Å². The number of nitrogens with one attached hydrogen (secondary N) is 1. The summed E-state index contributed by atoms with van der Waals surface area (Å²) in [5.41, 5.74) is 6.71. The van der Waals surface area contributed by atoms with E-state index in [1.54, 1.807) is 0 Å². The lowest BCUT2D eigenvalue weighted by molar-refractivity contribution is 0.425. The van der Waals surface area contributed by atoms with Crippen LogP contribution in [-0.2, 0) is 6.54 Å². The van der Waals surface area contributed by atoms with Crippen molar-refractivity contribution in [3.8, 4) is 0 Å². The van der Waals surface area contributed by atoms with Crippen molar-refractivity contribution in [3.63, 3.8) is 0 Å². The van der Waals surface area contributed by atoms with Crippen molar-refractivity contribution in [2.24, 2.45) is 10.5 Å². The van der Waals surface area contributed by atoms with E-state index >= 15 is 0 Å². The number of hydrogen-bond donors (Lipinski definition) is 1. The molecule has 4 heteroatoms. The molecule has 1 heterocycles. The maximum Gasteiger partial charge on any atom is 0.0882 e. The first-order valence-electron chi connectivity index (χ1n) is 11.6. The SMILES string of the molecule is CC1(C)C(c2ccccc2)=NN(c2ccc(CNc3ccc(Cl)cc3)cc2)C1c1ccccc1. The molecule has 3 nitrogen and oxygen atoms in total. The van der Waals surface area contributed by atoms with E-state index in [4.69, 9.17) is 16.7 Å². The van der Waals surface area contributed by atoms with Crippen LogP contribution >= 0.6 is 11.6 Å². The molecule has 34 heavy (non-hydrogen) atoms. The molecule has 0 aliphatic carbocycles. The Morgan fingerprint density at radius 2 is 1.41 bits per heavy atom. The van der Waals surface area contributed by atoms with Gasteiger partial charge in [-0.3, -0.25) is 5.01 Å². The van der Waals surface area contributed by atoms with E-state index in [0.717, 1.165) is 28.7 Å². The normalized spacial score (nSPS) is 16.9. The molecule has 0 saturated heterocycles. The Balaban J connectivity index is 1.44. The molecule has 0 bridgehead atoms. The zero-order valence-corrected chi connectivity index (χ0v) is 20.2. The summed E-state index contributed by atoms with van der Waals surface area (Å²) in [4.78, 5) is 0. The van der Waals surface area contributed by atoms with Gasteiger partial charge >= 0.3 is 0 Å². The predicted octanol–water partition coefficient (Wildman–Crippen LogP) is 7.94. The lowest BCUT2D eigenvalue weighted by Crippen LogP contribution is -2.32. The van der Waals surface area contributed by atoms with Gasteiger partial charge in [0.1, 0.15) is 0 Å². The fraction of sp³-hybridized carbons (Fsp3) is 0.167. The molecule has 0 fully saturated rings. The van der Waals surface area contributed by atoms with Crippen LogP contribution in [0.3, 0.4) is 0 Å². The molecule has 4 aromatic carbocycles. The van der Waals surface area contributed by atoms with E-state index in [-0.39, 0.29) is 11.5 Å². The summed E-state index contributed by atoms with van der Waals surface area (Å²) in [6.45, 7) is 5.33. The standard InChI is InChI=1S/C30H28ClN3/c1-30(2)28(23-9-5-3-6-10-23)33-34(29(30)24-11-7-4-8-12-24)27-19-13-22(14-20-27)21-32-26-17-15-25(31)16-18-26/h3-20,29,32H,21H2,1-2H3. The minimum Gasteiger partial charge on any atom is -0.381 e. The Hall–Kier alpha value is -3.56. The van der Waals surface area contributed by atoms with Gasteiger partial charge in [0.2, 0.25) is 0 Å². The van der Waals surface area contributed by atoms with Crippen LogP contribution in [0.25, 0.3) is 0 Å². The molecule has 170 valence electrons. The molecule has 0 aromatic heterocycles. The summed E-state index contributed by atoms with van der Waals surface area (Å²) < 4.78 is 0. The number of halogens is 1. The third kappa shape index (κ3) is 4.44. The molecule has 0 amide bonds. The number of hydrogen-bond acceptors (Lipinski definition) is 3. The summed E-state index contributed by atoms with van der Waals surface area (Å²) in [6, 6.07) is 37.8. The van der Waals surface area contributed by atoms with Gasteiger partial charge in [0, 0.05) is 22.7 Å². The molecule has 1 aliphatic heterocycles. The van der Waals surface area contributed by atoms with Gasteiger partial charge in [-0.1, -0.05) is 98.2 Å². The first-order chi connectivity index (χ1) is 16.5. The van der Waals surface area contributed by atoms with Crippen molar-refractivity contribution in [1.29, 1.82) is 0 Å². The highest BCUT2D eigenvalue weighted by Crippen LogP contribution is 2.48. The number of anilines is 2. The van der Waals surface area contributed by atoms with Gasteiger partial charge in [-0.15, -0.1) is 0 Å². The molecule has 5 rings (SSSR count). The molecule has 1 unspecified atom stereocenters. The number of nitrogens with zero attached hydrogens (tertiary/aromatic N) is 2.